The molecular formula is C16H22FNO. The maximum Gasteiger partial charge on any atom is 0.127 e. The Balaban J connectivity index is 1.89. The SMILES string of the molecule is CN(C)CC1CCC2CC2C1c1cc(O)cc(F)c1. The fraction of sp³-hybridized carbons (Fsp3) is 0.625. The van der Waals surface area contributed by atoms with Crippen LogP contribution in [0.3, 0.4) is 0 Å². The number of rotatable bonds is 3. The van der Waals surface area contributed by atoms with Crippen molar-refractivity contribution in [3.8, 4) is 5.75 Å². The van der Waals surface area contributed by atoms with Crippen LogP contribution in [0.1, 0.15) is 30.7 Å². The first kappa shape index (κ1) is 12.9. The van der Waals surface area contributed by atoms with Crippen LogP contribution in [0.2, 0.25) is 0 Å². The Kier molecular flexibility index (Phi) is 3.25. The summed E-state index contributed by atoms with van der Waals surface area (Å²) in [5.41, 5.74) is 0.997. The van der Waals surface area contributed by atoms with Gasteiger partial charge in [-0.2, -0.15) is 0 Å². The lowest BCUT2D eigenvalue weighted by molar-refractivity contribution is 0.224. The van der Waals surface area contributed by atoms with Gasteiger partial charge in [-0.05, 0) is 74.7 Å². The minimum absolute atomic E-state index is 0.0568. The molecule has 0 aliphatic heterocycles. The van der Waals surface area contributed by atoms with E-state index in [4.69, 9.17) is 0 Å². The maximum atomic E-state index is 13.5. The standard InChI is InChI=1S/C16H22FNO/c1-18(2)9-11-4-3-10-7-15(10)16(11)12-5-13(17)8-14(19)6-12/h5-6,8,10-11,15-16,19H,3-4,7,9H2,1-2H3. The van der Waals surface area contributed by atoms with Crippen LogP contribution in [-0.4, -0.2) is 30.6 Å². The molecule has 3 rings (SSSR count). The molecule has 1 aromatic carbocycles. The van der Waals surface area contributed by atoms with Gasteiger partial charge in [0.2, 0.25) is 0 Å². The zero-order chi connectivity index (χ0) is 13.6. The number of phenolic OH excluding ortho intramolecular Hbond substituents is 1. The van der Waals surface area contributed by atoms with Gasteiger partial charge in [0.25, 0.3) is 0 Å². The molecule has 2 saturated carbocycles. The molecule has 104 valence electrons. The Morgan fingerprint density at radius 2 is 2.05 bits per heavy atom. The van der Waals surface area contributed by atoms with Crippen LogP contribution in [0.25, 0.3) is 0 Å². The highest BCUT2D eigenvalue weighted by Crippen LogP contribution is 2.59. The summed E-state index contributed by atoms with van der Waals surface area (Å²) < 4.78 is 13.5. The lowest BCUT2D eigenvalue weighted by atomic mass is 9.75. The molecule has 0 aromatic heterocycles. The molecule has 3 heteroatoms. The molecular weight excluding hydrogens is 241 g/mol. The Morgan fingerprint density at radius 1 is 1.26 bits per heavy atom. The average Bonchev–Trinajstić information content (AvgIpc) is 3.05. The zero-order valence-corrected chi connectivity index (χ0v) is 11.6. The number of benzene rings is 1. The normalized spacial score (nSPS) is 33.3. The second-order valence-corrected chi connectivity index (χ2v) is 6.53. The predicted molar refractivity (Wildman–Crippen MR) is 73.7 cm³/mol. The molecule has 4 atom stereocenters. The number of fused-ring (bicyclic) bond motifs is 1. The van der Waals surface area contributed by atoms with E-state index >= 15 is 0 Å². The largest absolute Gasteiger partial charge is 0.508 e. The average molecular weight is 263 g/mol. The topological polar surface area (TPSA) is 23.5 Å². The van der Waals surface area contributed by atoms with Gasteiger partial charge in [-0.3, -0.25) is 0 Å². The van der Waals surface area contributed by atoms with Gasteiger partial charge in [0, 0.05) is 12.6 Å². The number of aromatic hydroxyl groups is 1. The van der Waals surface area contributed by atoms with E-state index in [1.807, 2.05) is 0 Å². The Labute approximate surface area is 114 Å². The molecule has 2 nitrogen and oxygen atoms in total. The third-order valence-electron chi connectivity index (χ3n) is 4.74. The van der Waals surface area contributed by atoms with Crippen molar-refractivity contribution in [1.82, 2.24) is 4.90 Å². The second kappa shape index (κ2) is 4.78. The highest BCUT2D eigenvalue weighted by Gasteiger charge is 2.49. The van der Waals surface area contributed by atoms with Crippen molar-refractivity contribution in [1.29, 1.82) is 0 Å². The molecule has 0 bridgehead atoms. The quantitative estimate of drug-likeness (QED) is 0.905. The van der Waals surface area contributed by atoms with E-state index in [1.165, 1.54) is 25.3 Å². The molecule has 0 heterocycles. The van der Waals surface area contributed by atoms with Gasteiger partial charge in [0.1, 0.15) is 11.6 Å². The summed E-state index contributed by atoms with van der Waals surface area (Å²) in [7, 11) is 4.19. The third-order valence-corrected chi connectivity index (χ3v) is 4.74. The molecule has 2 aliphatic carbocycles. The summed E-state index contributed by atoms with van der Waals surface area (Å²) >= 11 is 0. The van der Waals surface area contributed by atoms with E-state index in [2.05, 4.69) is 19.0 Å². The fourth-order valence-corrected chi connectivity index (χ4v) is 3.98. The van der Waals surface area contributed by atoms with Crippen molar-refractivity contribution in [2.45, 2.75) is 25.2 Å². The second-order valence-electron chi connectivity index (χ2n) is 6.53. The van der Waals surface area contributed by atoms with E-state index in [9.17, 15) is 9.50 Å². The van der Waals surface area contributed by atoms with Crippen molar-refractivity contribution in [3.63, 3.8) is 0 Å². The first-order valence-corrected chi connectivity index (χ1v) is 7.19. The van der Waals surface area contributed by atoms with Crippen LogP contribution in [0.5, 0.6) is 5.75 Å². The first-order valence-electron chi connectivity index (χ1n) is 7.19. The molecule has 0 spiro atoms. The molecule has 0 radical (unpaired) electrons. The van der Waals surface area contributed by atoms with Gasteiger partial charge in [-0.25, -0.2) is 4.39 Å². The summed E-state index contributed by atoms with van der Waals surface area (Å²) in [4.78, 5) is 2.22. The molecule has 1 N–H and O–H groups in total. The first-order chi connectivity index (χ1) is 9.04. The van der Waals surface area contributed by atoms with Crippen LogP contribution in [0.15, 0.2) is 18.2 Å². The van der Waals surface area contributed by atoms with Crippen molar-refractivity contribution < 1.29 is 9.50 Å². The Hall–Kier alpha value is -1.09. The number of hydrogen-bond acceptors (Lipinski definition) is 2. The van der Waals surface area contributed by atoms with Gasteiger partial charge in [0.15, 0.2) is 0 Å². The van der Waals surface area contributed by atoms with Crippen LogP contribution in [0.4, 0.5) is 4.39 Å². The molecule has 0 amide bonds. The molecule has 4 unspecified atom stereocenters. The van der Waals surface area contributed by atoms with E-state index in [1.54, 1.807) is 12.1 Å². The van der Waals surface area contributed by atoms with Crippen molar-refractivity contribution in [3.05, 3.63) is 29.6 Å². The Morgan fingerprint density at radius 3 is 2.74 bits per heavy atom. The molecule has 0 saturated heterocycles. The summed E-state index contributed by atoms with van der Waals surface area (Å²) in [5.74, 6) is 2.29. The predicted octanol–water partition coefficient (Wildman–Crippen LogP) is 3.22. The third kappa shape index (κ3) is 2.62. The van der Waals surface area contributed by atoms with Gasteiger partial charge >= 0.3 is 0 Å². The van der Waals surface area contributed by atoms with Crippen molar-refractivity contribution in [2.75, 3.05) is 20.6 Å². The summed E-state index contributed by atoms with van der Waals surface area (Å²) in [6, 6.07) is 4.57. The van der Waals surface area contributed by atoms with Gasteiger partial charge in [-0.15, -0.1) is 0 Å². The van der Waals surface area contributed by atoms with Crippen molar-refractivity contribution in [2.24, 2.45) is 17.8 Å². The van der Waals surface area contributed by atoms with E-state index < -0.39 is 0 Å². The number of nitrogens with zero attached hydrogens (tertiary/aromatic N) is 1. The van der Waals surface area contributed by atoms with Crippen LogP contribution in [0, 0.1) is 23.6 Å². The maximum absolute atomic E-state index is 13.5. The van der Waals surface area contributed by atoms with Crippen LogP contribution in [-0.2, 0) is 0 Å². The molecule has 1 aromatic rings. The van der Waals surface area contributed by atoms with Gasteiger partial charge in [0.05, 0.1) is 0 Å². The molecule has 2 aliphatic rings. The van der Waals surface area contributed by atoms with E-state index in [0.29, 0.717) is 17.8 Å². The molecule has 2 fully saturated rings. The number of hydrogen-bond donors (Lipinski definition) is 1. The minimum atomic E-state index is -0.318. The highest BCUT2D eigenvalue weighted by molar-refractivity contribution is 5.33. The Bertz CT molecular complexity index is 454. The summed E-state index contributed by atoms with van der Waals surface area (Å²) in [5, 5.41) is 9.64. The lowest BCUT2D eigenvalue weighted by Crippen LogP contribution is -2.30. The monoisotopic (exact) mass is 263 g/mol. The highest BCUT2D eigenvalue weighted by atomic mass is 19.1. The van der Waals surface area contributed by atoms with Crippen LogP contribution < -0.4 is 0 Å². The fourth-order valence-electron chi connectivity index (χ4n) is 3.98. The summed E-state index contributed by atoms with van der Waals surface area (Å²) in [6.07, 6.45) is 3.83. The number of halogens is 1. The summed E-state index contributed by atoms with van der Waals surface area (Å²) in [6.45, 7) is 1.05. The minimum Gasteiger partial charge on any atom is -0.508 e. The zero-order valence-electron chi connectivity index (χ0n) is 11.6. The van der Waals surface area contributed by atoms with E-state index in [-0.39, 0.29) is 11.6 Å². The van der Waals surface area contributed by atoms with E-state index in [0.717, 1.165) is 18.0 Å². The lowest BCUT2D eigenvalue weighted by Gasteiger charge is -2.33. The van der Waals surface area contributed by atoms with Crippen LogP contribution >= 0.6 is 0 Å². The molecule has 19 heavy (non-hydrogen) atoms. The smallest absolute Gasteiger partial charge is 0.127 e. The van der Waals surface area contributed by atoms with Gasteiger partial charge < -0.3 is 10.0 Å². The van der Waals surface area contributed by atoms with Gasteiger partial charge in [-0.1, -0.05) is 0 Å². The van der Waals surface area contributed by atoms with Crippen molar-refractivity contribution >= 4 is 0 Å². The number of phenols is 1.